The second kappa shape index (κ2) is 10.8. The van der Waals surface area contributed by atoms with Gasteiger partial charge in [0.1, 0.15) is 6.61 Å². The van der Waals surface area contributed by atoms with E-state index in [2.05, 4.69) is 29.6 Å². The van der Waals surface area contributed by atoms with E-state index in [0.29, 0.717) is 24.9 Å². The molecule has 0 aromatic heterocycles. The van der Waals surface area contributed by atoms with Crippen molar-refractivity contribution >= 4 is 12.1 Å². The van der Waals surface area contributed by atoms with Crippen LogP contribution in [-0.4, -0.2) is 31.4 Å². The molecule has 3 N–H and O–H groups in total. The minimum absolute atomic E-state index is 0.0364. The van der Waals surface area contributed by atoms with Gasteiger partial charge >= 0.3 is 12.1 Å². The molecule has 0 saturated heterocycles. The van der Waals surface area contributed by atoms with Crippen LogP contribution < -0.4 is 11.1 Å². The summed E-state index contributed by atoms with van der Waals surface area (Å²) < 4.78 is 11.1. The fourth-order valence-corrected chi connectivity index (χ4v) is 4.18. The molecular formula is C27H28N2O4. The van der Waals surface area contributed by atoms with Crippen LogP contribution in [0.2, 0.25) is 0 Å². The van der Waals surface area contributed by atoms with E-state index in [1.165, 1.54) is 11.1 Å². The van der Waals surface area contributed by atoms with Crippen molar-refractivity contribution in [1.82, 2.24) is 5.32 Å². The molecule has 3 aromatic rings. The van der Waals surface area contributed by atoms with Gasteiger partial charge in [0.15, 0.2) is 6.23 Å². The highest BCUT2D eigenvalue weighted by Crippen LogP contribution is 2.44. The maximum atomic E-state index is 12.6. The number of nitrogens with one attached hydrogen (secondary N) is 1. The van der Waals surface area contributed by atoms with E-state index in [1.807, 2.05) is 30.3 Å². The van der Waals surface area contributed by atoms with Crippen LogP contribution in [-0.2, 0) is 9.47 Å². The van der Waals surface area contributed by atoms with Crippen LogP contribution in [0.15, 0.2) is 78.9 Å². The summed E-state index contributed by atoms with van der Waals surface area (Å²) in [5.41, 5.74) is 10.6. The Labute approximate surface area is 193 Å². The van der Waals surface area contributed by atoms with E-state index in [0.717, 1.165) is 17.5 Å². The first kappa shape index (κ1) is 22.6. The molecule has 6 heteroatoms. The van der Waals surface area contributed by atoms with Crippen LogP contribution in [0.3, 0.4) is 0 Å². The number of hydrogen-bond acceptors (Lipinski definition) is 5. The maximum Gasteiger partial charge on any atom is 0.410 e. The molecule has 1 unspecified atom stereocenters. The van der Waals surface area contributed by atoms with Crippen LogP contribution >= 0.6 is 0 Å². The molecule has 0 radical (unpaired) electrons. The Hall–Kier alpha value is -3.64. The van der Waals surface area contributed by atoms with Gasteiger partial charge in [-0.3, -0.25) is 5.32 Å². The van der Waals surface area contributed by atoms with E-state index in [9.17, 15) is 9.59 Å². The summed E-state index contributed by atoms with van der Waals surface area (Å²) in [4.78, 5) is 25.1. The second-order valence-corrected chi connectivity index (χ2v) is 8.01. The summed E-state index contributed by atoms with van der Waals surface area (Å²) >= 11 is 0. The van der Waals surface area contributed by atoms with Crippen LogP contribution in [0.1, 0.15) is 46.7 Å². The minimum atomic E-state index is -0.792. The smallest absolute Gasteiger partial charge is 0.410 e. The molecule has 1 atom stereocenters. The number of hydrogen-bond donors (Lipinski definition) is 2. The van der Waals surface area contributed by atoms with Gasteiger partial charge in [0.25, 0.3) is 0 Å². The third-order valence-electron chi connectivity index (χ3n) is 5.80. The standard InChI is InChI=1S/C27H28N2O4/c28-17-9-8-16-25(33-26(30)19-10-2-1-3-11-19)29-27(31)32-18-24-22-14-6-4-12-20(22)21-13-5-7-15-23(21)24/h1-7,10-15,24-25H,8-9,16-18,28H2,(H,29,31). The third kappa shape index (κ3) is 5.41. The van der Waals surface area contributed by atoms with Crippen molar-refractivity contribution < 1.29 is 19.1 Å². The fourth-order valence-electron chi connectivity index (χ4n) is 4.18. The number of rotatable bonds is 9. The predicted molar refractivity (Wildman–Crippen MR) is 127 cm³/mol. The number of nitrogens with two attached hydrogens (primary N) is 1. The number of unbranched alkanes of at least 4 members (excludes halogenated alkanes) is 1. The normalized spacial score (nSPS) is 13.0. The molecule has 6 nitrogen and oxygen atoms in total. The minimum Gasteiger partial charge on any atom is -0.448 e. The Bertz CT molecular complexity index is 1050. The average molecular weight is 445 g/mol. The largest absolute Gasteiger partial charge is 0.448 e. The van der Waals surface area contributed by atoms with Crippen molar-refractivity contribution in [2.45, 2.75) is 31.4 Å². The Morgan fingerprint density at radius 2 is 1.45 bits per heavy atom. The van der Waals surface area contributed by atoms with Gasteiger partial charge < -0.3 is 15.2 Å². The van der Waals surface area contributed by atoms with Gasteiger partial charge in [-0.1, -0.05) is 66.7 Å². The van der Waals surface area contributed by atoms with E-state index >= 15 is 0 Å². The molecule has 0 saturated carbocycles. The second-order valence-electron chi connectivity index (χ2n) is 8.01. The van der Waals surface area contributed by atoms with Gasteiger partial charge in [-0.2, -0.15) is 0 Å². The molecule has 4 rings (SSSR count). The molecule has 1 aliphatic rings. The summed E-state index contributed by atoms with van der Waals surface area (Å²) in [6.07, 6.45) is 0.536. The number of alkyl carbamates (subject to hydrolysis) is 1. The van der Waals surface area contributed by atoms with Crippen LogP contribution in [0.5, 0.6) is 0 Å². The lowest BCUT2D eigenvalue weighted by Crippen LogP contribution is -2.39. The van der Waals surface area contributed by atoms with E-state index in [4.69, 9.17) is 15.2 Å². The monoisotopic (exact) mass is 444 g/mol. The van der Waals surface area contributed by atoms with Crippen molar-refractivity contribution in [1.29, 1.82) is 0 Å². The Balaban J connectivity index is 1.39. The predicted octanol–water partition coefficient (Wildman–Crippen LogP) is 4.84. The molecule has 0 heterocycles. The number of carbonyl (C=O) groups is 2. The maximum absolute atomic E-state index is 12.6. The SMILES string of the molecule is NCCCCC(NC(=O)OCC1c2ccccc2-c2ccccc21)OC(=O)c1ccccc1. The number of esters is 1. The van der Waals surface area contributed by atoms with E-state index in [1.54, 1.807) is 24.3 Å². The van der Waals surface area contributed by atoms with Gasteiger partial charge in [0.05, 0.1) is 5.56 Å². The first-order valence-electron chi connectivity index (χ1n) is 11.2. The molecule has 0 aliphatic heterocycles. The van der Waals surface area contributed by atoms with Gasteiger partial charge in [-0.15, -0.1) is 0 Å². The highest BCUT2D eigenvalue weighted by Gasteiger charge is 2.29. The summed E-state index contributed by atoms with van der Waals surface area (Å²) in [6.45, 7) is 0.728. The third-order valence-corrected chi connectivity index (χ3v) is 5.80. The molecular weight excluding hydrogens is 416 g/mol. The topological polar surface area (TPSA) is 90.7 Å². The zero-order chi connectivity index (χ0) is 23.0. The number of amides is 1. The number of benzene rings is 3. The zero-order valence-electron chi connectivity index (χ0n) is 18.4. The van der Waals surface area contributed by atoms with Gasteiger partial charge in [-0.25, -0.2) is 9.59 Å². The summed E-state index contributed by atoms with van der Waals surface area (Å²) in [5.74, 6) is -0.530. The first-order valence-corrected chi connectivity index (χ1v) is 11.2. The van der Waals surface area contributed by atoms with Crippen LogP contribution in [0.25, 0.3) is 11.1 Å². The molecule has 0 spiro atoms. The van der Waals surface area contributed by atoms with Crippen molar-refractivity contribution in [2.24, 2.45) is 5.73 Å². The lowest BCUT2D eigenvalue weighted by molar-refractivity contribution is 0.0176. The zero-order valence-corrected chi connectivity index (χ0v) is 18.4. The average Bonchev–Trinajstić information content (AvgIpc) is 3.17. The van der Waals surface area contributed by atoms with E-state index in [-0.39, 0.29) is 12.5 Å². The number of carbonyl (C=O) groups excluding carboxylic acids is 2. The lowest BCUT2D eigenvalue weighted by atomic mass is 9.98. The highest BCUT2D eigenvalue weighted by molar-refractivity contribution is 5.89. The van der Waals surface area contributed by atoms with Crippen LogP contribution in [0.4, 0.5) is 4.79 Å². The lowest BCUT2D eigenvalue weighted by Gasteiger charge is -2.20. The van der Waals surface area contributed by atoms with Crippen molar-refractivity contribution in [3.63, 3.8) is 0 Å². The fraction of sp³-hybridized carbons (Fsp3) is 0.259. The summed E-state index contributed by atoms with van der Waals surface area (Å²) in [5, 5.41) is 2.70. The molecule has 3 aromatic carbocycles. The number of ether oxygens (including phenoxy) is 2. The Kier molecular flexibility index (Phi) is 7.37. The van der Waals surface area contributed by atoms with Crippen molar-refractivity contribution in [3.05, 3.63) is 95.6 Å². The summed E-state index contributed by atoms with van der Waals surface area (Å²) in [7, 11) is 0. The number of fused-ring (bicyclic) bond motifs is 3. The highest BCUT2D eigenvalue weighted by atomic mass is 16.6. The molecule has 0 bridgehead atoms. The molecule has 1 aliphatic carbocycles. The van der Waals surface area contributed by atoms with Crippen molar-refractivity contribution in [2.75, 3.05) is 13.2 Å². The van der Waals surface area contributed by atoms with Gasteiger partial charge in [0.2, 0.25) is 0 Å². The van der Waals surface area contributed by atoms with Crippen LogP contribution in [0, 0.1) is 0 Å². The van der Waals surface area contributed by atoms with E-state index < -0.39 is 18.3 Å². The first-order chi connectivity index (χ1) is 16.2. The molecule has 0 fully saturated rings. The van der Waals surface area contributed by atoms with Gasteiger partial charge in [-0.05, 0) is 53.8 Å². The van der Waals surface area contributed by atoms with Crippen molar-refractivity contribution in [3.8, 4) is 11.1 Å². The Morgan fingerprint density at radius 3 is 2.09 bits per heavy atom. The molecule has 1 amide bonds. The van der Waals surface area contributed by atoms with Gasteiger partial charge in [0, 0.05) is 12.3 Å². The Morgan fingerprint density at radius 1 is 0.848 bits per heavy atom. The summed E-state index contributed by atoms with van der Waals surface area (Å²) in [6, 6.07) is 25.0. The molecule has 170 valence electrons. The quantitative estimate of drug-likeness (QED) is 0.280. The molecule has 33 heavy (non-hydrogen) atoms.